The molecule has 2 aromatic heterocycles. The van der Waals surface area contributed by atoms with Crippen molar-refractivity contribution in [1.29, 1.82) is 0 Å². The lowest BCUT2D eigenvalue weighted by Crippen LogP contribution is -2.32. The Kier molecular flexibility index (Phi) is 3.53. The van der Waals surface area contributed by atoms with Gasteiger partial charge in [-0.25, -0.2) is 9.97 Å². The first-order valence-corrected chi connectivity index (χ1v) is 9.29. The molecular formula is C21H21N5O. The van der Waals surface area contributed by atoms with E-state index in [-0.39, 0.29) is 11.6 Å². The Morgan fingerprint density at radius 2 is 1.67 bits per heavy atom. The summed E-state index contributed by atoms with van der Waals surface area (Å²) < 4.78 is 3.83. The fourth-order valence-corrected chi connectivity index (χ4v) is 4.20. The van der Waals surface area contributed by atoms with Crippen molar-refractivity contribution in [2.45, 2.75) is 18.9 Å². The third-order valence-corrected chi connectivity index (χ3v) is 5.59. The lowest BCUT2D eigenvalue weighted by molar-refractivity contribution is 0.598. The summed E-state index contributed by atoms with van der Waals surface area (Å²) in [4.78, 5) is 24.8. The van der Waals surface area contributed by atoms with Crippen LogP contribution in [0.4, 0.5) is 5.95 Å². The van der Waals surface area contributed by atoms with E-state index in [1.54, 1.807) is 4.57 Å². The number of fused-ring (bicyclic) bond motifs is 2. The second-order valence-electron chi connectivity index (χ2n) is 7.16. The third kappa shape index (κ3) is 2.36. The van der Waals surface area contributed by atoms with E-state index in [1.165, 1.54) is 0 Å². The predicted octanol–water partition coefficient (Wildman–Crippen LogP) is 3.16. The van der Waals surface area contributed by atoms with Crippen molar-refractivity contribution in [1.82, 2.24) is 19.1 Å². The first kappa shape index (κ1) is 16.1. The van der Waals surface area contributed by atoms with E-state index in [4.69, 9.17) is 9.97 Å². The molecule has 0 N–H and O–H groups in total. The number of anilines is 1. The predicted molar refractivity (Wildman–Crippen MR) is 107 cm³/mol. The summed E-state index contributed by atoms with van der Waals surface area (Å²) in [6.07, 6.45) is 2.01. The van der Waals surface area contributed by atoms with E-state index in [0.29, 0.717) is 5.39 Å². The number of nitrogens with zero attached hydrogens (tertiary/aromatic N) is 5. The lowest BCUT2D eigenvalue weighted by Gasteiger charge is -2.26. The topological polar surface area (TPSA) is 56.0 Å². The average molecular weight is 359 g/mol. The molecule has 1 unspecified atom stereocenters. The Labute approximate surface area is 156 Å². The first-order chi connectivity index (χ1) is 13.1. The van der Waals surface area contributed by atoms with Gasteiger partial charge in [-0.05, 0) is 37.1 Å². The molecule has 27 heavy (non-hydrogen) atoms. The molecule has 1 atom stereocenters. The lowest BCUT2D eigenvalue weighted by atomic mass is 10.1. The normalized spacial score (nSPS) is 17.3. The van der Waals surface area contributed by atoms with Crippen molar-refractivity contribution in [3.05, 3.63) is 64.7 Å². The number of imidazole rings is 1. The molecule has 136 valence electrons. The number of hydrogen-bond acceptors (Lipinski definition) is 4. The Bertz CT molecular complexity index is 1220. The minimum atomic E-state index is 0.00690. The van der Waals surface area contributed by atoms with E-state index in [0.717, 1.165) is 47.7 Å². The van der Waals surface area contributed by atoms with Crippen LogP contribution in [0.3, 0.4) is 0 Å². The molecule has 4 aromatic rings. The molecule has 2 aromatic carbocycles. The second kappa shape index (κ2) is 5.94. The standard InChI is InChI=1S/C21H21N5O/c1-24-17-11-6-5-10-16(17)23-21(24)26-13-7-12-18(26)19-22-15-9-4-3-8-14(15)20(27)25(19)2/h3-6,8-11,18H,7,12-13H2,1-2H3. The highest BCUT2D eigenvalue weighted by Gasteiger charge is 2.32. The molecule has 0 saturated carbocycles. The second-order valence-corrected chi connectivity index (χ2v) is 7.16. The van der Waals surface area contributed by atoms with Gasteiger partial charge in [-0.15, -0.1) is 0 Å². The Hall–Kier alpha value is -3.15. The van der Waals surface area contributed by atoms with Crippen molar-refractivity contribution < 1.29 is 0 Å². The van der Waals surface area contributed by atoms with Crippen molar-refractivity contribution in [3.63, 3.8) is 0 Å². The SMILES string of the molecule is Cn1c(C2CCCN2c2nc3ccccc3n2C)nc2ccccc2c1=O. The highest BCUT2D eigenvalue weighted by molar-refractivity contribution is 5.79. The summed E-state index contributed by atoms with van der Waals surface area (Å²) in [5.41, 5.74) is 2.86. The number of hydrogen-bond donors (Lipinski definition) is 0. The van der Waals surface area contributed by atoms with Gasteiger partial charge in [-0.2, -0.15) is 0 Å². The van der Waals surface area contributed by atoms with E-state index in [9.17, 15) is 4.79 Å². The van der Waals surface area contributed by atoms with Crippen LogP contribution in [0.25, 0.3) is 21.9 Å². The molecule has 1 fully saturated rings. The Balaban J connectivity index is 1.66. The Morgan fingerprint density at radius 1 is 0.926 bits per heavy atom. The minimum absolute atomic E-state index is 0.00690. The molecule has 1 aliphatic rings. The largest absolute Gasteiger partial charge is 0.332 e. The van der Waals surface area contributed by atoms with Gasteiger partial charge in [-0.1, -0.05) is 24.3 Å². The summed E-state index contributed by atoms with van der Waals surface area (Å²) in [6, 6.07) is 15.8. The molecule has 0 aliphatic carbocycles. The van der Waals surface area contributed by atoms with Gasteiger partial charge in [0.25, 0.3) is 5.56 Å². The van der Waals surface area contributed by atoms with Gasteiger partial charge in [0.2, 0.25) is 5.95 Å². The van der Waals surface area contributed by atoms with Crippen molar-refractivity contribution in [3.8, 4) is 0 Å². The van der Waals surface area contributed by atoms with Crippen LogP contribution in [0, 0.1) is 0 Å². The van der Waals surface area contributed by atoms with Crippen LogP contribution < -0.4 is 10.5 Å². The summed E-state index contributed by atoms with van der Waals surface area (Å²) in [7, 11) is 3.87. The van der Waals surface area contributed by atoms with E-state index in [1.807, 2.05) is 56.6 Å². The van der Waals surface area contributed by atoms with Gasteiger partial charge in [0.05, 0.1) is 28.0 Å². The van der Waals surface area contributed by atoms with Crippen LogP contribution in [0.2, 0.25) is 0 Å². The van der Waals surface area contributed by atoms with E-state index in [2.05, 4.69) is 15.5 Å². The number of aryl methyl sites for hydroxylation is 1. The maximum absolute atomic E-state index is 12.8. The molecule has 5 rings (SSSR count). The third-order valence-electron chi connectivity index (χ3n) is 5.59. The fourth-order valence-electron chi connectivity index (χ4n) is 4.20. The summed E-state index contributed by atoms with van der Waals surface area (Å²) >= 11 is 0. The molecule has 1 saturated heterocycles. The summed E-state index contributed by atoms with van der Waals surface area (Å²) in [5.74, 6) is 1.74. The van der Waals surface area contributed by atoms with Crippen LogP contribution in [-0.4, -0.2) is 25.6 Å². The summed E-state index contributed by atoms with van der Waals surface area (Å²) in [5, 5.41) is 0.663. The molecule has 0 radical (unpaired) electrons. The van der Waals surface area contributed by atoms with Gasteiger partial charge < -0.3 is 9.47 Å². The first-order valence-electron chi connectivity index (χ1n) is 9.29. The van der Waals surface area contributed by atoms with Gasteiger partial charge in [0, 0.05) is 20.6 Å². The molecule has 1 aliphatic heterocycles. The van der Waals surface area contributed by atoms with Gasteiger partial charge in [0.15, 0.2) is 0 Å². The monoisotopic (exact) mass is 359 g/mol. The smallest absolute Gasteiger partial charge is 0.261 e. The van der Waals surface area contributed by atoms with Crippen LogP contribution >= 0.6 is 0 Å². The van der Waals surface area contributed by atoms with Crippen LogP contribution in [0.5, 0.6) is 0 Å². The maximum Gasteiger partial charge on any atom is 0.261 e. The van der Waals surface area contributed by atoms with Crippen molar-refractivity contribution in [2.75, 3.05) is 11.4 Å². The molecule has 6 nitrogen and oxygen atoms in total. The number of aromatic nitrogens is 4. The molecule has 0 amide bonds. The number of para-hydroxylation sites is 3. The minimum Gasteiger partial charge on any atom is -0.332 e. The van der Waals surface area contributed by atoms with Crippen molar-refractivity contribution >= 4 is 27.9 Å². The maximum atomic E-state index is 12.8. The van der Waals surface area contributed by atoms with E-state index < -0.39 is 0 Å². The van der Waals surface area contributed by atoms with E-state index >= 15 is 0 Å². The quantitative estimate of drug-likeness (QED) is 0.552. The number of rotatable bonds is 2. The van der Waals surface area contributed by atoms with Gasteiger partial charge >= 0.3 is 0 Å². The van der Waals surface area contributed by atoms with Crippen LogP contribution in [-0.2, 0) is 14.1 Å². The summed E-state index contributed by atoms with van der Waals surface area (Å²) in [6.45, 7) is 0.907. The highest BCUT2D eigenvalue weighted by atomic mass is 16.1. The number of benzene rings is 2. The molecule has 0 bridgehead atoms. The van der Waals surface area contributed by atoms with Crippen LogP contribution in [0.15, 0.2) is 53.3 Å². The Morgan fingerprint density at radius 3 is 2.48 bits per heavy atom. The molecule has 0 spiro atoms. The zero-order valence-electron chi connectivity index (χ0n) is 15.5. The van der Waals surface area contributed by atoms with Gasteiger partial charge in [0.1, 0.15) is 5.82 Å². The van der Waals surface area contributed by atoms with Crippen molar-refractivity contribution in [2.24, 2.45) is 14.1 Å². The zero-order valence-corrected chi connectivity index (χ0v) is 15.5. The van der Waals surface area contributed by atoms with Gasteiger partial charge in [-0.3, -0.25) is 9.36 Å². The average Bonchev–Trinajstić information content (AvgIpc) is 3.29. The molecular weight excluding hydrogens is 338 g/mol. The molecule has 6 heteroatoms. The fraction of sp³-hybridized carbons (Fsp3) is 0.286. The zero-order chi connectivity index (χ0) is 18.5. The van der Waals surface area contributed by atoms with Crippen LogP contribution in [0.1, 0.15) is 24.7 Å². The highest BCUT2D eigenvalue weighted by Crippen LogP contribution is 2.35. The molecule has 3 heterocycles.